The van der Waals surface area contributed by atoms with E-state index in [1.54, 1.807) is 0 Å². The zero-order chi connectivity index (χ0) is 13.6. The molecule has 2 saturated carbocycles. The molecule has 2 aliphatic rings. The fraction of sp³-hybridized carbons (Fsp3) is 1.00. The molecule has 0 unspecified atom stereocenters. The van der Waals surface area contributed by atoms with Gasteiger partial charge >= 0.3 is 0 Å². The van der Waals surface area contributed by atoms with Crippen molar-refractivity contribution in [1.82, 2.24) is 10.2 Å². The van der Waals surface area contributed by atoms with Crippen LogP contribution in [0.1, 0.15) is 64.2 Å². The first-order valence-electron chi connectivity index (χ1n) is 7.92. The normalized spacial score (nSPS) is 23.6. The van der Waals surface area contributed by atoms with Crippen LogP contribution in [-0.2, 0) is 4.57 Å². The Bertz CT molecular complexity index is 278. The van der Waals surface area contributed by atoms with Crippen molar-refractivity contribution in [2.45, 2.75) is 76.3 Å². The Kier molecular flexibility index (Phi) is 6.68. The van der Waals surface area contributed by atoms with Crippen LogP contribution in [0.4, 0.5) is 0 Å². The molecular weight excluding hydrogens is 279 g/mol. The first kappa shape index (κ1) is 15.8. The first-order chi connectivity index (χ1) is 9.22. The molecule has 0 aromatic heterocycles. The SMILES string of the molecule is O=P(CCCl)(NC1CCCCC1)NC1CCCCC1. The molecule has 0 saturated heterocycles. The maximum Gasteiger partial charge on any atom is 0.213 e. The molecule has 0 atom stereocenters. The van der Waals surface area contributed by atoms with Gasteiger partial charge in [0, 0.05) is 24.1 Å². The van der Waals surface area contributed by atoms with Crippen LogP contribution in [-0.4, -0.2) is 24.1 Å². The minimum atomic E-state index is -2.49. The summed E-state index contributed by atoms with van der Waals surface area (Å²) in [5.74, 6) is 0.469. The third-order valence-electron chi connectivity index (χ3n) is 4.39. The lowest BCUT2D eigenvalue weighted by molar-refractivity contribution is 0.389. The molecule has 0 aromatic carbocycles. The number of alkyl halides is 1. The zero-order valence-electron chi connectivity index (χ0n) is 11.9. The molecule has 3 nitrogen and oxygen atoms in total. The van der Waals surface area contributed by atoms with Gasteiger partial charge < -0.3 is 0 Å². The average Bonchev–Trinajstić information content (AvgIpc) is 2.41. The Morgan fingerprint density at radius 1 is 0.842 bits per heavy atom. The highest BCUT2D eigenvalue weighted by molar-refractivity contribution is 7.60. The van der Waals surface area contributed by atoms with Gasteiger partial charge in [-0.3, -0.25) is 14.7 Å². The third-order valence-corrected chi connectivity index (χ3v) is 7.26. The second-order valence-corrected chi connectivity index (χ2v) is 8.90. The molecule has 2 N–H and O–H groups in total. The van der Waals surface area contributed by atoms with E-state index in [4.69, 9.17) is 11.6 Å². The summed E-state index contributed by atoms with van der Waals surface area (Å²) in [7, 11) is -2.49. The number of halogens is 1. The fourth-order valence-corrected chi connectivity index (χ4v) is 6.32. The van der Waals surface area contributed by atoms with Gasteiger partial charge in [-0.2, -0.15) is 0 Å². The van der Waals surface area contributed by atoms with Gasteiger partial charge in [0.15, 0.2) is 0 Å². The molecule has 2 aliphatic carbocycles. The van der Waals surface area contributed by atoms with Gasteiger partial charge in [0.2, 0.25) is 7.44 Å². The van der Waals surface area contributed by atoms with Gasteiger partial charge in [-0.1, -0.05) is 38.5 Å². The van der Waals surface area contributed by atoms with Gasteiger partial charge in [-0.15, -0.1) is 11.6 Å². The summed E-state index contributed by atoms with van der Waals surface area (Å²) in [5.41, 5.74) is 0. The topological polar surface area (TPSA) is 41.1 Å². The van der Waals surface area contributed by atoms with E-state index in [0.29, 0.717) is 24.1 Å². The number of hydrogen-bond donors (Lipinski definition) is 2. The average molecular weight is 307 g/mol. The molecule has 2 rings (SSSR count). The summed E-state index contributed by atoms with van der Waals surface area (Å²) < 4.78 is 13.0. The molecule has 112 valence electrons. The molecule has 19 heavy (non-hydrogen) atoms. The zero-order valence-corrected chi connectivity index (χ0v) is 13.5. The van der Waals surface area contributed by atoms with Crippen LogP contribution in [0.15, 0.2) is 0 Å². The van der Waals surface area contributed by atoms with Crippen molar-refractivity contribution < 1.29 is 4.57 Å². The highest BCUT2D eigenvalue weighted by Gasteiger charge is 2.29. The van der Waals surface area contributed by atoms with E-state index in [1.165, 1.54) is 64.2 Å². The number of nitrogens with one attached hydrogen (secondary N) is 2. The van der Waals surface area contributed by atoms with Gasteiger partial charge in [0.1, 0.15) is 0 Å². The largest absolute Gasteiger partial charge is 0.289 e. The lowest BCUT2D eigenvalue weighted by Crippen LogP contribution is -2.39. The van der Waals surface area contributed by atoms with E-state index < -0.39 is 7.44 Å². The molecule has 5 heteroatoms. The summed E-state index contributed by atoms with van der Waals surface area (Å²) in [6, 6.07) is 0.859. The van der Waals surface area contributed by atoms with Crippen LogP contribution in [0.25, 0.3) is 0 Å². The van der Waals surface area contributed by atoms with E-state index in [2.05, 4.69) is 10.2 Å². The Hall–Kier alpha value is 0.440. The van der Waals surface area contributed by atoms with Crippen LogP contribution in [0, 0.1) is 0 Å². The summed E-state index contributed by atoms with van der Waals surface area (Å²) >= 11 is 5.87. The van der Waals surface area contributed by atoms with Crippen molar-refractivity contribution in [3.8, 4) is 0 Å². The van der Waals surface area contributed by atoms with Crippen molar-refractivity contribution >= 4 is 19.0 Å². The Labute approximate surface area is 122 Å². The van der Waals surface area contributed by atoms with E-state index in [0.717, 1.165) is 0 Å². The standard InChI is InChI=1S/C14H28ClN2OP/c15-11-12-19(18,16-13-7-3-1-4-8-13)17-14-9-5-2-6-10-14/h13-14H,1-12H2,(H2,16,17,18). The third kappa shape index (κ3) is 5.38. The molecule has 0 heterocycles. The maximum absolute atomic E-state index is 13.0. The highest BCUT2D eigenvalue weighted by Crippen LogP contribution is 2.41. The molecule has 0 spiro atoms. The summed E-state index contributed by atoms with van der Waals surface area (Å²) in [4.78, 5) is 0. The van der Waals surface area contributed by atoms with E-state index >= 15 is 0 Å². The summed E-state index contributed by atoms with van der Waals surface area (Å²) in [5, 5.41) is 6.88. The minimum Gasteiger partial charge on any atom is -0.289 e. The van der Waals surface area contributed by atoms with Crippen molar-refractivity contribution in [3.63, 3.8) is 0 Å². The fourth-order valence-electron chi connectivity index (χ4n) is 3.34. The molecule has 0 amide bonds. The second kappa shape index (κ2) is 8.02. The van der Waals surface area contributed by atoms with Gasteiger partial charge in [-0.25, -0.2) is 0 Å². The monoisotopic (exact) mass is 306 g/mol. The predicted octanol–water partition coefficient (Wildman–Crippen LogP) is 4.26. The molecular formula is C14H28ClN2OP. The van der Waals surface area contributed by atoms with Crippen LogP contribution in [0.2, 0.25) is 0 Å². The van der Waals surface area contributed by atoms with E-state index in [1.807, 2.05) is 0 Å². The molecule has 0 aromatic rings. The summed E-state index contributed by atoms with van der Waals surface area (Å²) in [6.45, 7) is 0. The molecule has 0 bridgehead atoms. The van der Waals surface area contributed by atoms with Crippen molar-refractivity contribution in [1.29, 1.82) is 0 Å². The lowest BCUT2D eigenvalue weighted by Gasteiger charge is -2.33. The number of hydrogen-bond acceptors (Lipinski definition) is 1. The maximum atomic E-state index is 13.0. The van der Waals surface area contributed by atoms with Gasteiger partial charge in [-0.05, 0) is 25.7 Å². The molecule has 2 fully saturated rings. The first-order valence-corrected chi connectivity index (χ1v) is 10.4. The van der Waals surface area contributed by atoms with Crippen molar-refractivity contribution in [2.24, 2.45) is 0 Å². The number of rotatable bonds is 6. The predicted molar refractivity (Wildman–Crippen MR) is 83.2 cm³/mol. The Balaban J connectivity index is 1.89. The van der Waals surface area contributed by atoms with Crippen LogP contribution in [0.5, 0.6) is 0 Å². The van der Waals surface area contributed by atoms with Crippen LogP contribution in [0.3, 0.4) is 0 Å². The van der Waals surface area contributed by atoms with Crippen molar-refractivity contribution in [2.75, 3.05) is 12.0 Å². The van der Waals surface area contributed by atoms with E-state index in [9.17, 15) is 4.57 Å². The van der Waals surface area contributed by atoms with Gasteiger partial charge in [0.25, 0.3) is 0 Å². The van der Waals surface area contributed by atoms with Crippen molar-refractivity contribution in [3.05, 3.63) is 0 Å². The quantitative estimate of drug-likeness (QED) is 0.569. The summed E-state index contributed by atoms with van der Waals surface area (Å²) in [6.07, 6.45) is 13.0. The highest BCUT2D eigenvalue weighted by atomic mass is 35.5. The smallest absolute Gasteiger partial charge is 0.213 e. The minimum absolute atomic E-state index is 0.430. The van der Waals surface area contributed by atoms with Crippen LogP contribution < -0.4 is 10.2 Å². The second-order valence-electron chi connectivity index (χ2n) is 6.08. The Morgan fingerprint density at radius 2 is 1.26 bits per heavy atom. The van der Waals surface area contributed by atoms with Gasteiger partial charge in [0.05, 0.1) is 0 Å². The lowest BCUT2D eigenvalue weighted by atomic mass is 9.96. The molecule has 0 radical (unpaired) electrons. The Morgan fingerprint density at radius 3 is 1.63 bits per heavy atom. The van der Waals surface area contributed by atoms with Crippen LogP contribution >= 0.6 is 19.0 Å². The van der Waals surface area contributed by atoms with E-state index in [-0.39, 0.29) is 0 Å². The molecule has 0 aliphatic heterocycles.